The van der Waals surface area contributed by atoms with Gasteiger partial charge in [-0.25, -0.2) is 9.18 Å². The molecule has 0 saturated carbocycles. The van der Waals surface area contributed by atoms with Gasteiger partial charge in [0, 0.05) is 12.0 Å². The highest BCUT2D eigenvalue weighted by Gasteiger charge is 2.11. The molecule has 0 aromatic heterocycles. The van der Waals surface area contributed by atoms with Gasteiger partial charge >= 0.3 is 5.97 Å². The minimum Gasteiger partial charge on any atom is -0.463 e. The Morgan fingerprint density at radius 3 is 2.53 bits per heavy atom. The minimum atomic E-state index is -0.499. The molecule has 0 aliphatic heterocycles. The molecule has 1 aromatic rings. The van der Waals surface area contributed by atoms with Gasteiger partial charge in [-0.05, 0) is 36.3 Å². The highest BCUT2D eigenvalue weighted by Crippen LogP contribution is 2.22. The Labute approximate surface area is 111 Å². The van der Waals surface area contributed by atoms with Crippen LogP contribution in [-0.4, -0.2) is 18.9 Å². The van der Waals surface area contributed by atoms with Crippen molar-refractivity contribution in [2.75, 3.05) is 6.61 Å². The fourth-order valence-electron chi connectivity index (χ4n) is 1.54. The molecule has 0 fully saturated rings. The van der Waals surface area contributed by atoms with Crippen molar-refractivity contribution in [1.29, 1.82) is 0 Å². The van der Waals surface area contributed by atoms with Crippen molar-refractivity contribution >= 4 is 17.8 Å². The average Bonchev–Trinajstić information content (AvgIpc) is 2.39. The van der Waals surface area contributed by atoms with E-state index in [1.807, 2.05) is 0 Å². The van der Waals surface area contributed by atoms with Crippen molar-refractivity contribution in [2.24, 2.45) is 0 Å². The first-order valence-electron chi connectivity index (χ1n) is 5.83. The van der Waals surface area contributed by atoms with Crippen LogP contribution < -0.4 is 0 Å². The molecule has 0 atom stereocenters. The van der Waals surface area contributed by atoms with Gasteiger partial charge in [-0.15, -0.1) is 0 Å². The molecule has 0 bridgehead atoms. The van der Waals surface area contributed by atoms with E-state index >= 15 is 0 Å². The average molecular weight is 262 g/mol. The molecule has 0 unspecified atom stereocenters. The smallest absolute Gasteiger partial charge is 0.333 e. The Morgan fingerprint density at radius 2 is 2.00 bits per heavy atom. The lowest BCUT2D eigenvalue weighted by atomic mass is 9.98. The molecule has 0 aliphatic rings. The van der Waals surface area contributed by atoms with E-state index in [4.69, 9.17) is 4.74 Å². The van der Waals surface area contributed by atoms with Gasteiger partial charge in [0.05, 0.1) is 6.61 Å². The third kappa shape index (κ3) is 4.50. The summed E-state index contributed by atoms with van der Waals surface area (Å²) >= 11 is 0. The van der Waals surface area contributed by atoms with Crippen LogP contribution in [-0.2, 0) is 14.3 Å². The standard InChI is InChI=1S/C15H15FO3/c1-3-19-15(18)11(2)10-13(8-9-17)12-4-6-14(16)7-5-12/h4-9H,2-3,10H2,1H3/b13-8-. The van der Waals surface area contributed by atoms with Gasteiger partial charge in [-0.3, -0.25) is 4.79 Å². The van der Waals surface area contributed by atoms with E-state index in [0.717, 1.165) is 0 Å². The highest BCUT2D eigenvalue weighted by atomic mass is 19.1. The van der Waals surface area contributed by atoms with E-state index in [0.29, 0.717) is 17.4 Å². The van der Waals surface area contributed by atoms with Crippen LogP contribution in [0.2, 0.25) is 0 Å². The van der Waals surface area contributed by atoms with Crippen LogP contribution in [0.4, 0.5) is 4.39 Å². The van der Waals surface area contributed by atoms with Crippen molar-refractivity contribution in [2.45, 2.75) is 13.3 Å². The molecule has 0 heterocycles. The van der Waals surface area contributed by atoms with E-state index in [1.54, 1.807) is 19.1 Å². The Kier molecular flexibility index (Phi) is 5.67. The monoisotopic (exact) mass is 262 g/mol. The summed E-state index contributed by atoms with van der Waals surface area (Å²) in [6.07, 6.45) is 2.14. The molecule has 0 saturated heterocycles. The van der Waals surface area contributed by atoms with Crippen LogP contribution in [0.1, 0.15) is 18.9 Å². The van der Waals surface area contributed by atoms with Gasteiger partial charge in [-0.2, -0.15) is 0 Å². The predicted molar refractivity (Wildman–Crippen MR) is 70.8 cm³/mol. The maximum atomic E-state index is 12.8. The van der Waals surface area contributed by atoms with E-state index in [-0.39, 0.29) is 24.4 Å². The molecule has 3 nitrogen and oxygen atoms in total. The lowest BCUT2D eigenvalue weighted by Gasteiger charge is -2.09. The summed E-state index contributed by atoms with van der Waals surface area (Å²) in [6, 6.07) is 5.68. The van der Waals surface area contributed by atoms with E-state index < -0.39 is 5.97 Å². The molecule has 0 aliphatic carbocycles. The molecule has 1 aromatic carbocycles. The normalized spacial score (nSPS) is 10.9. The largest absolute Gasteiger partial charge is 0.463 e. The lowest BCUT2D eigenvalue weighted by Crippen LogP contribution is -2.07. The first kappa shape index (κ1) is 14.8. The Bertz CT molecular complexity index is 501. The molecular formula is C15H15FO3. The summed E-state index contributed by atoms with van der Waals surface area (Å²) in [5.74, 6) is -0.861. The molecule has 1 rings (SSSR count). The van der Waals surface area contributed by atoms with Gasteiger partial charge in [0.25, 0.3) is 0 Å². The summed E-state index contributed by atoms with van der Waals surface area (Å²) in [5.41, 5.74) is 1.51. The third-order valence-electron chi connectivity index (χ3n) is 2.45. The Balaban J connectivity index is 2.88. The number of allylic oxidation sites excluding steroid dienone is 2. The maximum absolute atomic E-state index is 12.8. The Hall–Kier alpha value is -2.23. The first-order chi connectivity index (χ1) is 9.08. The van der Waals surface area contributed by atoms with Crippen LogP contribution >= 0.6 is 0 Å². The first-order valence-corrected chi connectivity index (χ1v) is 5.83. The zero-order valence-corrected chi connectivity index (χ0v) is 10.7. The second kappa shape index (κ2) is 7.26. The van der Waals surface area contributed by atoms with Crippen molar-refractivity contribution in [3.05, 3.63) is 53.9 Å². The van der Waals surface area contributed by atoms with Gasteiger partial charge in [0.15, 0.2) is 0 Å². The molecular weight excluding hydrogens is 247 g/mol. The van der Waals surface area contributed by atoms with Crippen molar-refractivity contribution in [1.82, 2.24) is 0 Å². The molecule has 0 N–H and O–H groups in total. The quantitative estimate of drug-likeness (QED) is 0.450. The van der Waals surface area contributed by atoms with Crippen LogP contribution in [0.3, 0.4) is 0 Å². The molecule has 19 heavy (non-hydrogen) atoms. The van der Waals surface area contributed by atoms with E-state index in [1.165, 1.54) is 18.2 Å². The molecule has 4 heteroatoms. The Morgan fingerprint density at radius 1 is 1.37 bits per heavy atom. The number of hydrogen-bond acceptors (Lipinski definition) is 3. The van der Waals surface area contributed by atoms with Gasteiger partial charge in [0.2, 0.25) is 0 Å². The number of halogens is 1. The lowest BCUT2D eigenvalue weighted by molar-refractivity contribution is -0.138. The topological polar surface area (TPSA) is 43.4 Å². The summed E-state index contributed by atoms with van der Waals surface area (Å²) < 4.78 is 17.7. The number of hydrogen-bond donors (Lipinski definition) is 0. The molecule has 0 radical (unpaired) electrons. The van der Waals surface area contributed by atoms with Crippen LogP contribution in [0.25, 0.3) is 5.57 Å². The maximum Gasteiger partial charge on any atom is 0.333 e. The SMILES string of the molecule is C=C(C/C(=C/C=O)c1ccc(F)cc1)C(=O)OCC. The zero-order valence-electron chi connectivity index (χ0n) is 10.7. The number of aldehydes is 1. The fourth-order valence-corrected chi connectivity index (χ4v) is 1.54. The number of esters is 1. The van der Waals surface area contributed by atoms with E-state index in [2.05, 4.69) is 6.58 Å². The highest BCUT2D eigenvalue weighted by molar-refractivity contribution is 5.92. The van der Waals surface area contributed by atoms with Gasteiger partial charge in [0.1, 0.15) is 12.1 Å². The number of ether oxygens (including phenoxy) is 1. The van der Waals surface area contributed by atoms with Crippen LogP contribution in [0.5, 0.6) is 0 Å². The van der Waals surface area contributed by atoms with Crippen LogP contribution in [0.15, 0.2) is 42.5 Å². The second-order valence-electron chi connectivity index (χ2n) is 3.84. The van der Waals surface area contributed by atoms with Crippen molar-refractivity contribution in [3.63, 3.8) is 0 Å². The van der Waals surface area contributed by atoms with Crippen molar-refractivity contribution < 1.29 is 18.7 Å². The molecule has 0 amide bonds. The summed E-state index contributed by atoms with van der Waals surface area (Å²) in [6.45, 7) is 5.60. The fraction of sp³-hybridized carbons (Fsp3) is 0.200. The van der Waals surface area contributed by atoms with E-state index in [9.17, 15) is 14.0 Å². The van der Waals surface area contributed by atoms with Gasteiger partial charge in [-0.1, -0.05) is 18.7 Å². The molecule has 0 spiro atoms. The number of carbonyl (C=O) groups is 2. The summed E-state index contributed by atoms with van der Waals surface area (Å²) in [5, 5.41) is 0. The van der Waals surface area contributed by atoms with Crippen LogP contribution in [0, 0.1) is 5.82 Å². The zero-order chi connectivity index (χ0) is 14.3. The number of rotatable bonds is 6. The third-order valence-corrected chi connectivity index (χ3v) is 2.45. The second-order valence-corrected chi connectivity index (χ2v) is 3.84. The number of benzene rings is 1. The minimum absolute atomic E-state index is 0.184. The predicted octanol–water partition coefficient (Wildman–Crippen LogP) is 2.92. The van der Waals surface area contributed by atoms with Gasteiger partial charge < -0.3 is 4.74 Å². The summed E-state index contributed by atoms with van der Waals surface area (Å²) in [4.78, 5) is 22.1. The number of carbonyl (C=O) groups excluding carboxylic acids is 2. The summed E-state index contributed by atoms with van der Waals surface area (Å²) in [7, 11) is 0. The van der Waals surface area contributed by atoms with Crippen molar-refractivity contribution in [3.8, 4) is 0 Å². The molecule has 100 valence electrons.